The number of hydrogen-bond donors (Lipinski definition) is 1. The third-order valence-electron chi connectivity index (χ3n) is 3.34. The van der Waals surface area contributed by atoms with Crippen LogP contribution in [0.1, 0.15) is 12.8 Å². The molecule has 1 N–H and O–H groups in total. The molecule has 0 aliphatic carbocycles. The molecule has 0 unspecified atom stereocenters. The van der Waals surface area contributed by atoms with Crippen LogP contribution in [0.2, 0.25) is 5.02 Å². The topological polar surface area (TPSA) is 72.5 Å². The summed E-state index contributed by atoms with van der Waals surface area (Å²) in [6.07, 6.45) is 0.352. The smallest absolute Gasteiger partial charge is 0.224 e. The number of methoxy groups -OCH3 is 1. The maximum absolute atomic E-state index is 12.2. The molecule has 0 aliphatic heterocycles. The average Bonchev–Trinajstić information content (AvgIpc) is 2.55. The second-order valence-electron chi connectivity index (χ2n) is 5.16. The minimum absolute atomic E-state index is 0.0971. The van der Waals surface area contributed by atoms with Gasteiger partial charge in [-0.1, -0.05) is 17.7 Å². The van der Waals surface area contributed by atoms with Crippen LogP contribution in [0.4, 0.5) is 5.69 Å². The van der Waals surface area contributed by atoms with E-state index < -0.39 is 9.84 Å². The van der Waals surface area contributed by atoms with Gasteiger partial charge in [0.25, 0.3) is 0 Å². The van der Waals surface area contributed by atoms with Gasteiger partial charge in [0.15, 0.2) is 9.84 Å². The molecule has 0 atom stereocenters. The number of nitrogens with one attached hydrogen (secondary N) is 1. The molecule has 128 valence electrons. The highest BCUT2D eigenvalue weighted by Crippen LogP contribution is 2.18. The number of anilines is 1. The van der Waals surface area contributed by atoms with E-state index in [1.165, 1.54) is 24.3 Å². The van der Waals surface area contributed by atoms with Crippen molar-refractivity contribution in [1.82, 2.24) is 0 Å². The van der Waals surface area contributed by atoms with Gasteiger partial charge in [0.2, 0.25) is 5.91 Å². The predicted molar refractivity (Wildman–Crippen MR) is 94.4 cm³/mol. The van der Waals surface area contributed by atoms with Gasteiger partial charge in [-0.2, -0.15) is 0 Å². The third kappa shape index (κ3) is 5.25. The Morgan fingerprint density at radius 2 is 1.88 bits per heavy atom. The SMILES string of the molecule is COc1cccc(NC(=O)CCCS(=O)(=O)c2ccc(Cl)cc2)c1. The van der Waals surface area contributed by atoms with Gasteiger partial charge in [0, 0.05) is 23.2 Å². The standard InChI is InChI=1S/C17H18ClNO4S/c1-23-15-5-2-4-14(12-15)19-17(20)6-3-11-24(21,22)16-9-7-13(18)8-10-16/h2,4-5,7-10,12H,3,6,11H2,1H3,(H,19,20). The van der Waals surface area contributed by atoms with Crippen molar-refractivity contribution in [2.24, 2.45) is 0 Å². The van der Waals surface area contributed by atoms with Crippen molar-refractivity contribution in [3.8, 4) is 5.75 Å². The van der Waals surface area contributed by atoms with E-state index in [1.807, 2.05) is 0 Å². The van der Waals surface area contributed by atoms with Gasteiger partial charge in [-0.05, 0) is 42.8 Å². The molecular formula is C17H18ClNO4S. The van der Waals surface area contributed by atoms with Crippen molar-refractivity contribution in [2.75, 3.05) is 18.2 Å². The summed E-state index contributed by atoms with van der Waals surface area (Å²) in [5.41, 5.74) is 0.611. The average molecular weight is 368 g/mol. The van der Waals surface area contributed by atoms with Gasteiger partial charge in [-0.3, -0.25) is 4.79 Å². The Kier molecular flexibility index (Phi) is 6.23. The van der Waals surface area contributed by atoms with Crippen molar-refractivity contribution in [2.45, 2.75) is 17.7 Å². The van der Waals surface area contributed by atoms with E-state index in [0.717, 1.165) is 0 Å². The van der Waals surface area contributed by atoms with E-state index in [-0.39, 0.29) is 29.4 Å². The first-order valence-corrected chi connectivity index (χ1v) is 9.36. The Hall–Kier alpha value is -2.05. The number of ether oxygens (including phenoxy) is 1. The second kappa shape index (κ2) is 8.17. The van der Waals surface area contributed by atoms with Crippen molar-refractivity contribution in [3.63, 3.8) is 0 Å². The van der Waals surface area contributed by atoms with Crippen LogP contribution < -0.4 is 10.1 Å². The Balaban J connectivity index is 1.86. The van der Waals surface area contributed by atoms with Gasteiger partial charge in [0.05, 0.1) is 17.8 Å². The van der Waals surface area contributed by atoms with Crippen molar-refractivity contribution in [3.05, 3.63) is 53.6 Å². The van der Waals surface area contributed by atoms with Gasteiger partial charge in [-0.25, -0.2) is 8.42 Å². The summed E-state index contributed by atoms with van der Waals surface area (Å²) in [5, 5.41) is 3.20. The summed E-state index contributed by atoms with van der Waals surface area (Å²) < 4.78 is 29.4. The Labute approximate surface area is 146 Å². The minimum Gasteiger partial charge on any atom is -0.497 e. The number of carbonyl (C=O) groups is 1. The van der Waals surface area contributed by atoms with Crippen molar-refractivity contribution >= 4 is 33.0 Å². The highest BCUT2D eigenvalue weighted by atomic mass is 35.5. The van der Waals surface area contributed by atoms with E-state index in [0.29, 0.717) is 16.5 Å². The molecule has 2 aromatic rings. The van der Waals surface area contributed by atoms with E-state index in [4.69, 9.17) is 16.3 Å². The Morgan fingerprint density at radius 3 is 2.54 bits per heavy atom. The van der Waals surface area contributed by atoms with Crippen molar-refractivity contribution < 1.29 is 17.9 Å². The van der Waals surface area contributed by atoms with Crippen LogP contribution in [-0.2, 0) is 14.6 Å². The second-order valence-corrected chi connectivity index (χ2v) is 7.70. The molecule has 7 heteroatoms. The molecule has 0 spiro atoms. The molecule has 24 heavy (non-hydrogen) atoms. The van der Waals surface area contributed by atoms with Gasteiger partial charge in [0.1, 0.15) is 5.75 Å². The summed E-state index contributed by atoms with van der Waals surface area (Å²) >= 11 is 5.75. The predicted octanol–water partition coefficient (Wildman–Crippen LogP) is 3.54. The van der Waals surface area contributed by atoms with Crippen LogP contribution >= 0.6 is 11.6 Å². The van der Waals surface area contributed by atoms with Crippen LogP contribution in [0.25, 0.3) is 0 Å². The number of sulfone groups is 1. The monoisotopic (exact) mass is 367 g/mol. The zero-order valence-corrected chi connectivity index (χ0v) is 14.7. The highest BCUT2D eigenvalue weighted by Gasteiger charge is 2.15. The van der Waals surface area contributed by atoms with Crippen LogP contribution in [0.15, 0.2) is 53.4 Å². The molecule has 0 aromatic heterocycles. The molecule has 0 saturated heterocycles. The molecule has 0 heterocycles. The fraction of sp³-hybridized carbons (Fsp3) is 0.235. The number of halogens is 1. The van der Waals surface area contributed by atoms with Crippen LogP contribution in [0.5, 0.6) is 5.75 Å². The summed E-state index contributed by atoms with van der Waals surface area (Å²) in [6.45, 7) is 0. The first-order chi connectivity index (χ1) is 11.4. The number of rotatable bonds is 7. The minimum atomic E-state index is -3.41. The molecule has 5 nitrogen and oxygen atoms in total. The number of benzene rings is 2. The molecule has 2 rings (SSSR count). The largest absolute Gasteiger partial charge is 0.497 e. The number of hydrogen-bond acceptors (Lipinski definition) is 4. The van der Waals surface area contributed by atoms with Crippen LogP contribution in [0.3, 0.4) is 0 Å². The number of amides is 1. The number of carbonyl (C=O) groups excluding carboxylic acids is 1. The van der Waals surface area contributed by atoms with E-state index in [9.17, 15) is 13.2 Å². The summed E-state index contributed by atoms with van der Waals surface area (Å²) in [4.78, 5) is 12.1. The lowest BCUT2D eigenvalue weighted by molar-refractivity contribution is -0.116. The first-order valence-electron chi connectivity index (χ1n) is 7.33. The van der Waals surface area contributed by atoms with Gasteiger partial charge >= 0.3 is 0 Å². The Morgan fingerprint density at radius 1 is 1.17 bits per heavy atom. The fourth-order valence-corrected chi connectivity index (χ4v) is 3.54. The maximum Gasteiger partial charge on any atom is 0.224 e. The fourth-order valence-electron chi connectivity index (χ4n) is 2.11. The maximum atomic E-state index is 12.2. The van der Waals surface area contributed by atoms with Crippen molar-refractivity contribution in [1.29, 1.82) is 0 Å². The van der Waals surface area contributed by atoms with E-state index in [1.54, 1.807) is 31.4 Å². The molecule has 2 aromatic carbocycles. The lowest BCUT2D eigenvalue weighted by Gasteiger charge is -2.07. The normalized spacial score (nSPS) is 11.1. The van der Waals surface area contributed by atoms with E-state index in [2.05, 4.69) is 5.32 Å². The molecule has 1 amide bonds. The zero-order chi connectivity index (χ0) is 17.6. The summed E-state index contributed by atoms with van der Waals surface area (Å²) in [5.74, 6) is 0.299. The van der Waals surface area contributed by atoms with E-state index >= 15 is 0 Å². The van der Waals surface area contributed by atoms with Crippen LogP contribution in [0, 0.1) is 0 Å². The lowest BCUT2D eigenvalue weighted by atomic mass is 10.2. The molecule has 0 radical (unpaired) electrons. The highest BCUT2D eigenvalue weighted by molar-refractivity contribution is 7.91. The first kappa shape index (κ1) is 18.3. The zero-order valence-electron chi connectivity index (χ0n) is 13.2. The summed E-state index contributed by atoms with van der Waals surface area (Å²) in [6, 6.07) is 13.0. The molecule has 0 saturated carbocycles. The molecule has 0 fully saturated rings. The third-order valence-corrected chi connectivity index (χ3v) is 5.41. The lowest BCUT2D eigenvalue weighted by Crippen LogP contribution is -2.14. The summed E-state index contributed by atoms with van der Waals surface area (Å²) in [7, 11) is -1.87. The Bertz CT molecular complexity index is 804. The van der Waals surface area contributed by atoms with Gasteiger partial charge in [-0.15, -0.1) is 0 Å². The molecular weight excluding hydrogens is 350 g/mol. The quantitative estimate of drug-likeness (QED) is 0.812. The van der Waals surface area contributed by atoms with Crippen LogP contribution in [-0.4, -0.2) is 27.2 Å². The molecule has 0 aliphatic rings. The van der Waals surface area contributed by atoms with Gasteiger partial charge < -0.3 is 10.1 Å². The molecule has 0 bridgehead atoms.